The summed E-state index contributed by atoms with van der Waals surface area (Å²) in [6.45, 7) is 3.21. The molecule has 4 heterocycles. The van der Waals surface area contributed by atoms with Crippen LogP contribution >= 0.6 is 22.9 Å². The standard InChI is InChI=1S/C15H15ClN6O2S/c1-2-13-17-14(24-19-13)10-8-22(20-18-10)9-5-6-21(7-9)15(23)11-3-4-12(16)25-11/h3-4,8-9H,2,5-7H2,1H3/t9-/m0/s1. The van der Waals surface area contributed by atoms with Crippen molar-refractivity contribution in [2.75, 3.05) is 13.1 Å². The van der Waals surface area contributed by atoms with E-state index in [1.165, 1.54) is 11.3 Å². The molecule has 8 nitrogen and oxygen atoms in total. The van der Waals surface area contributed by atoms with Crippen molar-refractivity contribution < 1.29 is 9.32 Å². The third kappa shape index (κ3) is 3.16. The number of nitrogens with zero attached hydrogens (tertiary/aromatic N) is 6. The van der Waals surface area contributed by atoms with Crippen LogP contribution in [-0.2, 0) is 6.42 Å². The highest BCUT2D eigenvalue weighted by molar-refractivity contribution is 7.17. The Balaban J connectivity index is 1.46. The van der Waals surface area contributed by atoms with Gasteiger partial charge in [0.15, 0.2) is 11.5 Å². The van der Waals surface area contributed by atoms with Crippen LogP contribution < -0.4 is 0 Å². The van der Waals surface area contributed by atoms with E-state index in [4.69, 9.17) is 16.1 Å². The number of aromatic nitrogens is 5. The molecule has 10 heteroatoms. The van der Waals surface area contributed by atoms with E-state index in [0.29, 0.717) is 46.1 Å². The van der Waals surface area contributed by atoms with Crippen LogP contribution in [0.1, 0.15) is 34.9 Å². The van der Waals surface area contributed by atoms with Gasteiger partial charge in [-0.3, -0.25) is 4.79 Å². The molecular weight excluding hydrogens is 364 g/mol. The van der Waals surface area contributed by atoms with Crippen molar-refractivity contribution in [3.8, 4) is 11.6 Å². The van der Waals surface area contributed by atoms with Crippen LogP contribution in [0.5, 0.6) is 0 Å². The summed E-state index contributed by atoms with van der Waals surface area (Å²) in [6, 6.07) is 3.58. The van der Waals surface area contributed by atoms with Gasteiger partial charge in [-0.2, -0.15) is 4.98 Å². The van der Waals surface area contributed by atoms with Gasteiger partial charge in [0.1, 0.15) is 0 Å². The Morgan fingerprint density at radius 2 is 2.36 bits per heavy atom. The summed E-state index contributed by atoms with van der Waals surface area (Å²) in [4.78, 5) is 19.2. The van der Waals surface area contributed by atoms with Gasteiger partial charge in [0.25, 0.3) is 11.8 Å². The molecule has 130 valence electrons. The summed E-state index contributed by atoms with van der Waals surface area (Å²) in [5.74, 6) is 1.00. The number of hydrogen-bond acceptors (Lipinski definition) is 7. The minimum atomic E-state index is 0.00391. The molecule has 0 aromatic carbocycles. The van der Waals surface area contributed by atoms with Gasteiger partial charge in [-0.05, 0) is 18.6 Å². The monoisotopic (exact) mass is 378 g/mol. The SMILES string of the molecule is CCc1noc(-c2cn([C@H]3CCN(C(=O)c4ccc(Cl)s4)C3)nn2)n1. The lowest BCUT2D eigenvalue weighted by Crippen LogP contribution is -2.28. The Kier molecular flexibility index (Phi) is 4.26. The summed E-state index contributed by atoms with van der Waals surface area (Å²) >= 11 is 7.21. The smallest absolute Gasteiger partial charge is 0.280 e. The molecule has 1 fully saturated rings. The maximum Gasteiger partial charge on any atom is 0.280 e. The zero-order chi connectivity index (χ0) is 17.4. The zero-order valence-corrected chi connectivity index (χ0v) is 15.0. The second-order valence-electron chi connectivity index (χ2n) is 5.75. The number of thiophene rings is 1. The minimum Gasteiger partial charge on any atom is -0.336 e. The van der Waals surface area contributed by atoms with Crippen molar-refractivity contribution in [1.29, 1.82) is 0 Å². The van der Waals surface area contributed by atoms with Crippen LogP contribution in [-0.4, -0.2) is 49.0 Å². The van der Waals surface area contributed by atoms with Gasteiger partial charge in [-0.15, -0.1) is 16.4 Å². The summed E-state index contributed by atoms with van der Waals surface area (Å²) in [6.07, 6.45) is 3.30. The molecule has 0 spiro atoms. The Morgan fingerprint density at radius 3 is 3.08 bits per heavy atom. The number of hydrogen-bond donors (Lipinski definition) is 0. The van der Waals surface area contributed by atoms with Crippen molar-refractivity contribution in [3.63, 3.8) is 0 Å². The number of aryl methyl sites for hydroxylation is 1. The molecule has 1 saturated heterocycles. The Bertz CT molecular complexity index is 903. The van der Waals surface area contributed by atoms with Crippen molar-refractivity contribution in [3.05, 3.63) is 33.4 Å². The molecule has 3 aromatic rings. The van der Waals surface area contributed by atoms with E-state index in [0.717, 1.165) is 6.42 Å². The van der Waals surface area contributed by atoms with E-state index in [9.17, 15) is 4.79 Å². The van der Waals surface area contributed by atoms with Crippen LogP contribution in [0.4, 0.5) is 0 Å². The van der Waals surface area contributed by atoms with Crippen molar-refractivity contribution in [2.24, 2.45) is 0 Å². The number of halogens is 1. The quantitative estimate of drug-likeness (QED) is 0.693. The Labute approximate surface area is 152 Å². The minimum absolute atomic E-state index is 0.00391. The predicted molar refractivity (Wildman–Crippen MR) is 91.6 cm³/mol. The molecule has 0 radical (unpaired) electrons. The fourth-order valence-electron chi connectivity index (χ4n) is 2.78. The van der Waals surface area contributed by atoms with Crippen LogP contribution in [0, 0.1) is 0 Å². The Hall–Kier alpha value is -2.26. The molecule has 0 aliphatic carbocycles. The first kappa shape index (κ1) is 16.2. The maximum absolute atomic E-state index is 12.5. The molecule has 25 heavy (non-hydrogen) atoms. The van der Waals surface area contributed by atoms with E-state index < -0.39 is 0 Å². The van der Waals surface area contributed by atoms with Gasteiger partial charge in [-0.25, -0.2) is 4.68 Å². The van der Waals surface area contributed by atoms with Crippen LogP contribution in [0.2, 0.25) is 4.34 Å². The molecule has 0 saturated carbocycles. The summed E-state index contributed by atoms with van der Waals surface area (Å²) in [5.41, 5.74) is 0.544. The Morgan fingerprint density at radius 1 is 1.48 bits per heavy atom. The van der Waals surface area contributed by atoms with E-state index in [1.807, 2.05) is 11.8 Å². The second-order valence-corrected chi connectivity index (χ2v) is 7.47. The first-order chi connectivity index (χ1) is 12.1. The fraction of sp³-hybridized carbons (Fsp3) is 0.400. The zero-order valence-electron chi connectivity index (χ0n) is 13.4. The lowest BCUT2D eigenvalue weighted by atomic mass is 10.3. The van der Waals surface area contributed by atoms with Crippen LogP contribution in [0.25, 0.3) is 11.6 Å². The number of rotatable bonds is 4. The highest BCUT2D eigenvalue weighted by Gasteiger charge is 2.30. The number of amides is 1. The molecular formula is C15H15ClN6O2S. The molecule has 1 aliphatic rings. The largest absolute Gasteiger partial charge is 0.336 e. The van der Waals surface area contributed by atoms with Crippen molar-refractivity contribution in [2.45, 2.75) is 25.8 Å². The first-order valence-electron chi connectivity index (χ1n) is 7.93. The molecule has 0 bridgehead atoms. The molecule has 1 amide bonds. The van der Waals surface area contributed by atoms with E-state index in [1.54, 1.807) is 23.0 Å². The molecule has 1 aliphatic heterocycles. The van der Waals surface area contributed by atoms with E-state index in [2.05, 4.69) is 20.5 Å². The molecule has 0 N–H and O–H groups in total. The third-order valence-corrected chi connectivity index (χ3v) is 5.34. The summed E-state index contributed by atoms with van der Waals surface area (Å²) < 4.78 is 7.56. The maximum atomic E-state index is 12.5. The second kappa shape index (κ2) is 6.57. The van der Waals surface area contributed by atoms with E-state index in [-0.39, 0.29) is 11.9 Å². The van der Waals surface area contributed by atoms with Gasteiger partial charge in [0, 0.05) is 19.5 Å². The topological polar surface area (TPSA) is 89.9 Å². The van der Waals surface area contributed by atoms with Gasteiger partial charge in [-0.1, -0.05) is 28.9 Å². The van der Waals surface area contributed by atoms with Gasteiger partial charge < -0.3 is 9.42 Å². The lowest BCUT2D eigenvalue weighted by molar-refractivity contribution is 0.0791. The third-order valence-electron chi connectivity index (χ3n) is 4.12. The first-order valence-corrected chi connectivity index (χ1v) is 9.13. The normalized spacial score (nSPS) is 17.4. The number of carbonyl (C=O) groups is 1. The van der Waals surface area contributed by atoms with Gasteiger partial charge in [0.05, 0.1) is 21.5 Å². The molecule has 0 unspecified atom stereocenters. The molecule has 3 aromatic heterocycles. The van der Waals surface area contributed by atoms with Crippen LogP contribution in [0.3, 0.4) is 0 Å². The average Bonchev–Trinajstić information content (AvgIpc) is 3.37. The highest BCUT2D eigenvalue weighted by atomic mass is 35.5. The summed E-state index contributed by atoms with van der Waals surface area (Å²) in [7, 11) is 0. The predicted octanol–water partition coefficient (Wildman–Crippen LogP) is 2.69. The fourth-order valence-corrected chi connectivity index (χ4v) is 3.79. The van der Waals surface area contributed by atoms with Gasteiger partial charge in [0.2, 0.25) is 0 Å². The van der Waals surface area contributed by atoms with Gasteiger partial charge >= 0.3 is 0 Å². The summed E-state index contributed by atoms with van der Waals surface area (Å²) in [5, 5.41) is 12.1. The molecule has 1 atom stereocenters. The van der Waals surface area contributed by atoms with E-state index >= 15 is 0 Å². The van der Waals surface area contributed by atoms with Crippen molar-refractivity contribution >= 4 is 28.8 Å². The van der Waals surface area contributed by atoms with Crippen LogP contribution in [0.15, 0.2) is 22.9 Å². The number of carbonyl (C=O) groups excluding carboxylic acids is 1. The average molecular weight is 379 g/mol. The lowest BCUT2D eigenvalue weighted by Gasteiger charge is -2.15. The van der Waals surface area contributed by atoms with Crippen molar-refractivity contribution in [1.82, 2.24) is 30.0 Å². The number of likely N-dealkylation sites (tertiary alicyclic amines) is 1. The highest BCUT2D eigenvalue weighted by Crippen LogP contribution is 2.27. The molecule has 4 rings (SSSR count).